The van der Waals surface area contributed by atoms with Crippen LogP contribution in [0.4, 0.5) is 10.8 Å². The SMILES string of the molecule is CCOC(=O)c1cc(Cc2ccccc2)sc1NC(=S)Nc1cc(C)ccn1. The standard InChI is InChI=1S/C21H21N3O2S2/c1-3-26-20(25)17-13-16(12-15-7-5-4-6-8-15)28-19(17)24-21(27)23-18-11-14(2)9-10-22-18/h4-11,13H,3,12H2,1-2H3,(H2,22,23,24,27). The molecule has 0 saturated carbocycles. The predicted octanol–water partition coefficient (Wildman–Crippen LogP) is 5.03. The summed E-state index contributed by atoms with van der Waals surface area (Å²) in [6.45, 7) is 4.09. The van der Waals surface area contributed by atoms with Crippen LogP contribution in [0.2, 0.25) is 0 Å². The zero-order chi connectivity index (χ0) is 19.9. The van der Waals surface area contributed by atoms with E-state index >= 15 is 0 Å². The summed E-state index contributed by atoms with van der Waals surface area (Å²) < 4.78 is 5.20. The Kier molecular flexibility index (Phi) is 6.73. The molecule has 2 aromatic heterocycles. The number of aromatic nitrogens is 1. The summed E-state index contributed by atoms with van der Waals surface area (Å²) in [6, 6.07) is 15.8. The van der Waals surface area contributed by atoms with E-state index in [2.05, 4.69) is 27.8 Å². The number of pyridine rings is 1. The molecule has 1 aromatic carbocycles. The number of anilines is 2. The van der Waals surface area contributed by atoms with Crippen LogP contribution in [0.1, 0.15) is 33.3 Å². The largest absolute Gasteiger partial charge is 0.462 e. The summed E-state index contributed by atoms with van der Waals surface area (Å²) in [4.78, 5) is 17.7. The minimum atomic E-state index is -0.364. The number of hydrogen-bond donors (Lipinski definition) is 2. The summed E-state index contributed by atoms with van der Waals surface area (Å²) >= 11 is 6.89. The number of rotatable bonds is 6. The molecule has 0 aliphatic heterocycles. The lowest BCUT2D eigenvalue weighted by Crippen LogP contribution is -2.20. The van der Waals surface area contributed by atoms with E-state index in [1.165, 1.54) is 16.9 Å². The smallest absolute Gasteiger partial charge is 0.341 e. The van der Waals surface area contributed by atoms with Crippen molar-refractivity contribution in [3.05, 3.63) is 76.3 Å². The fourth-order valence-corrected chi connectivity index (χ4v) is 3.99. The molecule has 0 atom stereocenters. The van der Waals surface area contributed by atoms with Crippen molar-refractivity contribution in [3.63, 3.8) is 0 Å². The van der Waals surface area contributed by atoms with Gasteiger partial charge >= 0.3 is 5.97 Å². The van der Waals surface area contributed by atoms with Gasteiger partial charge in [-0.15, -0.1) is 11.3 Å². The van der Waals surface area contributed by atoms with Crippen LogP contribution in [-0.4, -0.2) is 22.7 Å². The van der Waals surface area contributed by atoms with Gasteiger partial charge in [-0.1, -0.05) is 30.3 Å². The van der Waals surface area contributed by atoms with Crippen molar-refractivity contribution in [2.24, 2.45) is 0 Å². The maximum atomic E-state index is 12.4. The van der Waals surface area contributed by atoms with Gasteiger partial charge in [0.05, 0.1) is 12.2 Å². The van der Waals surface area contributed by atoms with Crippen molar-refractivity contribution in [2.75, 3.05) is 17.2 Å². The third-order valence-corrected chi connectivity index (χ3v) is 5.14. The highest BCUT2D eigenvalue weighted by atomic mass is 32.1. The topological polar surface area (TPSA) is 63.2 Å². The molecule has 0 radical (unpaired) electrons. The summed E-state index contributed by atoms with van der Waals surface area (Å²) in [5.41, 5.74) is 2.74. The summed E-state index contributed by atoms with van der Waals surface area (Å²) in [5, 5.41) is 7.21. The highest BCUT2D eigenvalue weighted by Crippen LogP contribution is 2.31. The quantitative estimate of drug-likeness (QED) is 0.438. The van der Waals surface area contributed by atoms with E-state index in [9.17, 15) is 4.79 Å². The molecule has 0 amide bonds. The maximum Gasteiger partial charge on any atom is 0.341 e. The molecule has 5 nitrogen and oxygen atoms in total. The fraction of sp³-hybridized carbons (Fsp3) is 0.190. The summed E-state index contributed by atoms with van der Waals surface area (Å²) in [5.74, 6) is 0.285. The molecular weight excluding hydrogens is 390 g/mol. The van der Waals surface area contributed by atoms with E-state index in [0.717, 1.165) is 16.9 Å². The van der Waals surface area contributed by atoms with Gasteiger partial charge in [0.15, 0.2) is 5.11 Å². The lowest BCUT2D eigenvalue weighted by Gasteiger charge is -2.10. The number of thiocarbonyl (C=S) groups is 1. The summed E-state index contributed by atoms with van der Waals surface area (Å²) in [7, 11) is 0. The van der Waals surface area contributed by atoms with Crippen LogP contribution in [-0.2, 0) is 11.2 Å². The Hall–Kier alpha value is -2.77. The third kappa shape index (κ3) is 5.37. The Morgan fingerprint density at radius 3 is 2.68 bits per heavy atom. The second kappa shape index (κ2) is 9.43. The average Bonchev–Trinajstić information content (AvgIpc) is 3.05. The molecule has 0 bridgehead atoms. The molecule has 144 valence electrons. The zero-order valence-corrected chi connectivity index (χ0v) is 17.3. The van der Waals surface area contributed by atoms with E-state index in [-0.39, 0.29) is 5.97 Å². The number of aryl methyl sites for hydroxylation is 1. The van der Waals surface area contributed by atoms with E-state index in [1.807, 2.05) is 43.3 Å². The molecule has 28 heavy (non-hydrogen) atoms. The van der Waals surface area contributed by atoms with Crippen LogP contribution in [0.3, 0.4) is 0 Å². The molecule has 0 aliphatic rings. The minimum Gasteiger partial charge on any atom is -0.462 e. The average molecular weight is 412 g/mol. The first-order chi connectivity index (χ1) is 13.5. The number of nitrogens with one attached hydrogen (secondary N) is 2. The number of carbonyl (C=O) groups excluding carboxylic acids is 1. The number of thiophene rings is 1. The Morgan fingerprint density at radius 2 is 1.96 bits per heavy atom. The van der Waals surface area contributed by atoms with Gasteiger partial charge in [-0.3, -0.25) is 0 Å². The van der Waals surface area contributed by atoms with Crippen LogP contribution < -0.4 is 10.6 Å². The van der Waals surface area contributed by atoms with Gasteiger partial charge in [-0.05, 0) is 55.4 Å². The van der Waals surface area contributed by atoms with Gasteiger partial charge in [0.25, 0.3) is 0 Å². The molecule has 3 rings (SSSR count). The van der Waals surface area contributed by atoms with Gasteiger partial charge in [0.1, 0.15) is 10.8 Å². The third-order valence-electron chi connectivity index (χ3n) is 3.88. The molecular formula is C21H21N3O2S2. The van der Waals surface area contributed by atoms with E-state index in [4.69, 9.17) is 17.0 Å². The normalized spacial score (nSPS) is 10.4. The fourth-order valence-electron chi connectivity index (χ4n) is 2.63. The first-order valence-corrected chi connectivity index (χ1v) is 10.1. The molecule has 2 N–H and O–H groups in total. The van der Waals surface area contributed by atoms with Crippen LogP contribution in [0.15, 0.2) is 54.7 Å². The molecule has 7 heteroatoms. The molecule has 0 unspecified atom stereocenters. The van der Waals surface area contributed by atoms with E-state index in [0.29, 0.717) is 28.1 Å². The van der Waals surface area contributed by atoms with Crippen molar-refractivity contribution < 1.29 is 9.53 Å². The Bertz CT molecular complexity index is 971. The van der Waals surface area contributed by atoms with Gasteiger partial charge in [-0.2, -0.15) is 0 Å². The molecule has 0 aliphatic carbocycles. The lowest BCUT2D eigenvalue weighted by molar-refractivity contribution is 0.0528. The van der Waals surface area contributed by atoms with E-state index < -0.39 is 0 Å². The molecule has 0 fully saturated rings. The van der Waals surface area contributed by atoms with Gasteiger partial charge in [-0.25, -0.2) is 9.78 Å². The maximum absolute atomic E-state index is 12.4. The molecule has 0 saturated heterocycles. The van der Waals surface area contributed by atoms with Gasteiger partial charge in [0, 0.05) is 17.5 Å². The highest BCUT2D eigenvalue weighted by Gasteiger charge is 2.18. The number of esters is 1. The van der Waals surface area contributed by atoms with Crippen LogP contribution in [0, 0.1) is 6.92 Å². The zero-order valence-electron chi connectivity index (χ0n) is 15.7. The van der Waals surface area contributed by atoms with Crippen LogP contribution in [0.5, 0.6) is 0 Å². The Balaban J connectivity index is 1.79. The first kappa shape index (κ1) is 20.0. The second-order valence-corrected chi connectivity index (χ2v) is 7.68. The van der Waals surface area contributed by atoms with E-state index in [1.54, 1.807) is 13.1 Å². The molecule has 2 heterocycles. The number of benzene rings is 1. The highest BCUT2D eigenvalue weighted by molar-refractivity contribution is 7.80. The second-order valence-electron chi connectivity index (χ2n) is 6.14. The minimum absolute atomic E-state index is 0.318. The van der Waals surface area contributed by atoms with Crippen molar-refractivity contribution in [1.29, 1.82) is 0 Å². The van der Waals surface area contributed by atoms with Crippen molar-refractivity contribution in [3.8, 4) is 0 Å². The Morgan fingerprint density at radius 1 is 1.18 bits per heavy atom. The number of ether oxygens (including phenoxy) is 1. The predicted molar refractivity (Wildman–Crippen MR) is 118 cm³/mol. The number of carbonyl (C=O) groups is 1. The monoisotopic (exact) mass is 411 g/mol. The Labute approximate surface area is 173 Å². The number of nitrogens with zero attached hydrogens (tertiary/aromatic N) is 1. The van der Waals surface area contributed by atoms with Gasteiger partial charge < -0.3 is 15.4 Å². The van der Waals surface area contributed by atoms with Crippen molar-refractivity contribution in [2.45, 2.75) is 20.3 Å². The van der Waals surface area contributed by atoms with Crippen molar-refractivity contribution >= 4 is 45.5 Å². The first-order valence-electron chi connectivity index (χ1n) is 8.89. The lowest BCUT2D eigenvalue weighted by atomic mass is 10.1. The number of hydrogen-bond acceptors (Lipinski definition) is 5. The molecule has 0 spiro atoms. The van der Waals surface area contributed by atoms with Crippen LogP contribution in [0.25, 0.3) is 0 Å². The van der Waals surface area contributed by atoms with Crippen molar-refractivity contribution in [1.82, 2.24) is 4.98 Å². The van der Waals surface area contributed by atoms with Gasteiger partial charge in [0.2, 0.25) is 0 Å². The van der Waals surface area contributed by atoms with Crippen LogP contribution >= 0.6 is 23.6 Å². The summed E-state index contributed by atoms with van der Waals surface area (Å²) in [6.07, 6.45) is 2.45. The molecule has 3 aromatic rings.